The molecule has 1 atom stereocenters. The van der Waals surface area contributed by atoms with Gasteiger partial charge in [-0.05, 0) is 24.4 Å². The van der Waals surface area contributed by atoms with Gasteiger partial charge in [0.15, 0.2) is 0 Å². The number of aromatic nitrogens is 3. The number of anilines is 2. The number of unbranched alkanes of at least 4 members (excludes halogenated alkanes) is 1. The fourth-order valence-electron chi connectivity index (χ4n) is 1.80. The van der Waals surface area contributed by atoms with E-state index in [1.807, 2.05) is 0 Å². The van der Waals surface area contributed by atoms with Gasteiger partial charge in [0.05, 0.1) is 0 Å². The molecule has 1 unspecified atom stereocenters. The predicted molar refractivity (Wildman–Crippen MR) is 76.2 cm³/mol. The van der Waals surface area contributed by atoms with Crippen molar-refractivity contribution < 1.29 is 0 Å². The highest BCUT2D eigenvalue weighted by Gasteiger charge is 2.10. The van der Waals surface area contributed by atoms with Crippen molar-refractivity contribution in [2.45, 2.75) is 52.0 Å². The maximum atomic E-state index is 5.85. The summed E-state index contributed by atoms with van der Waals surface area (Å²) in [5.74, 6) is 1.04. The summed E-state index contributed by atoms with van der Waals surface area (Å²) >= 11 is 5.85. The highest BCUT2D eigenvalue weighted by atomic mass is 35.5. The Kier molecular flexibility index (Phi) is 6.72. The van der Waals surface area contributed by atoms with Gasteiger partial charge in [-0.3, -0.25) is 0 Å². The van der Waals surface area contributed by atoms with E-state index in [-0.39, 0.29) is 5.28 Å². The first-order valence-corrected chi connectivity index (χ1v) is 6.93. The van der Waals surface area contributed by atoms with E-state index in [0.29, 0.717) is 17.9 Å². The summed E-state index contributed by atoms with van der Waals surface area (Å²) < 4.78 is 0. The van der Waals surface area contributed by atoms with Gasteiger partial charge in [-0.2, -0.15) is 15.0 Å². The van der Waals surface area contributed by atoms with Crippen molar-refractivity contribution in [3.05, 3.63) is 5.28 Å². The lowest BCUT2D eigenvalue weighted by Gasteiger charge is -2.17. The van der Waals surface area contributed by atoms with Crippen LogP contribution < -0.4 is 10.6 Å². The van der Waals surface area contributed by atoms with Crippen LogP contribution >= 0.6 is 11.6 Å². The first-order chi connectivity index (χ1) is 8.69. The Labute approximate surface area is 114 Å². The first-order valence-electron chi connectivity index (χ1n) is 6.55. The fourth-order valence-corrected chi connectivity index (χ4v) is 1.96. The van der Waals surface area contributed by atoms with Crippen LogP contribution in [-0.4, -0.2) is 28.0 Å². The van der Waals surface area contributed by atoms with Crippen molar-refractivity contribution in [2.75, 3.05) is 17.7 Å². The summed E-state index contributed by atoms with van der Waals surface area (Å²) in [5.41, 5.74) is 0. The Morgan fingerprint density at radius 1 is 1.06 bits per heavy atom. The normalized spacial score (nSPS) is 12.2. The lowest BCUT2D eigenvalue weighted by Crippen LogP contribution is -2.21. The van der Waals surface area contributed by atoms with Crippen LogP contribution in [0.25, 0.3) is 0 Å². The van der Waals surface area contributed by atoms with E-state index in [0.717, 1.165) is 19.3 Å². The number of nitrogens with one attached hydrogen (secondary N) is 2. The third-order valence-corrected chi connectivity index (χ3v) is 2.88. The molecule has 18 heavy (non-hydrogen) atoms. The molecule has 1 aromatic rings. The molecule has 0 spiro atoms. The molecule has 0 aliphatic rings. The van der Waals surface area contributed by atoms with Crippen LogP contribution in [0.15, 0.2) is 0 Å². The summed E-state index contributed by atoms with van der Waals surface area (Å²) in [6.45, 7) is 4.38. The smallest absolute Gasteiger partial charge is 0.229 e. The SMILES string of the molecule is CCCCC(CCC)Nc1nc(Cl)nc(NC)n1. The molecule has 0 aliphatic heterocycles. The Morgan fingerprint density at radius 3 is 2.39 bits per heavy atom. The Hall–Kier alpha value is -1.10. The molecule has 0 amide bonds. The molecule has 2 N–H and O–H groups in total. The maximum absolute atomic E-state index is 5.85. The minimum absolute atomic E-state index is 0.211. The zero-order valence-corrected chi connectivity index (χ0v) is 12.1. The van der Waals surface area contributed by atoms with Gasteiger partial charge in [-0.1, -0.05) is 33.1 Å². The van der Waals surface area contributed by atoms with Crippen molar-refractivity contribution >= 4 is 23.5 Å². The third kappa shape index (κ3) is 5.04. The summed E-state index contributed by atoms with van der Waals surface area (Å²) in [6, 6.07) is 0.401. The minimum Gasteiger partial charge on any atom is -0.357 e. The van der Waals surface area contributed by atoms with Crippen LogP contribution in [0.2, 0.25) is 5.28 Å². The lowest BCUT2D eigenvalue weighted by atomic mass is 10.1. The van der Waals surface area contributed by atoms with Crippen molar-refractivity contribution in [3.8, 4) is 0 Å². The van der Waals surface area contributed by atoms with Gasteiger partial charge in [-0.15, -0.1) is 0 Å². The van der Waals surface area contributed by atoms with E-state index in [1.54, 1.807) is 7.05 Å². The second-order valence-corrected chi connectivity index (χ2v) is 4.61. The zero-order valence-electron chi connectivity index (χ0n) is 11.3. The molecule has 0 radical (unpaired) electrons. The topological polar surface area (TPSA) is 62.7 Å². The molecule has 1 rings (SSSR count). The average Bonchev–Trinajstić information content (AvgIpc) is 2.35. The molecule has 6 heteroatoms. The van der Waals surface area contributed by atoms with Gasteiger partial charge in [0.1, 0.15) is 0 Å². The minimum atomic E-state index is 0.211. The van der Waals surface area contributed by atoms with E-state index < -0.39 is 0 Å². The van der Waals surface area contributed by atoms with Crippen LogP contribution in [0.1, 0.15) is 46.0 Å². The van der Waals surface area contributed by atoms with Crippen LogP contribution in [0.5, 0.6) is 0 Å². The van der Waals surface area contributed by atoms with Gasteiger partial charge in [-0.25, -0.2) is 0 Å². The zero-order chi connectivity index (χ0) is 13.4. The van der Waals surface area contributed by atoms with Crippen molar-refractivity contribution in [1.29, 1.82) is 0 Å². The van der Waals surface area contributed by atoms with Gasteiger partial charge in [0.25, 0.3) is 0 Å². The standard InChI is InChI=1S/C12H22ClN5/c1-4-6-8-9(7-5-2)15-12-17-10(13)16-11(14-3)18-12/h9H,4-8H2,1-3H3,(H2,14,15,16,17,18). The molecule has 102 valence electrons. The van der Waals surface area contributed by atoms with E-state index in [1.165, 1.54) is 12.8 Å². The van der Waals surface area contributed by atoms with Crippen LogP contribution in [0.3, 0.4) is 0 Å². The van der Waals surface area contributed by atoms with Crippen molar-refractivity contribution in [1.82, 2.24) is 15.0 Å². The lowest BCUT2D eigenvalue weighted by molar-refractivity contribution is 0.561. The molecular formula is C12H22ClN5. The molecule has 5 nitrogen and oxygen atoms in total. The van der Waals surface area contributed by atoms with Crippen LogP contribution in [0.4, 0.5) is 11.9 Å². The number of hydrogen-bond donors (Lipinski definition) is 2. The highest BCUT2D eigenvalue weighted by molar-refractivity contribution is 6.28. The largest absolute Gasteiger partial charge is 0.357 e. The molecular weight excluding hydrogens is 250 g/mol. The first kappa shape index (κ1) is 15.0. The quantitative estimate of drug-likeness (QED) is 0.759. The molecule has 0 saturated carbocycles. The van der Waals surface area contributed by atoms with E-state index >= 15 is 0 Å². The van der Waals surface area contributed by atoms with Crippen molar-refractivity contribution in [3.63, 3.8) is 0 Å². The molecule has 0 aliphatic carbocycles. The van der Waals surface area contributed by atoms with Crippen molar-refractivity contribution in [2.24, 2.45) is 0 Å². The summed E-state index contributed by atoms with van der Waals surface area (Å²) in [5, 5.41) is 6.42. The van der Waals surface area contributed by atoms with Gasteiger partial charge >= 0.3 is 0 Å². The summed E-state index contributed by atoms with van der Waals surface area (Å²) in [6.07, 6.45) is 5.77. The Bertz CT molecular complexity index is 358. The molecule has 1 heterocycles. The van der Waals surface area contributed by atoms with E-state index in [2.05, 4.69) is 39.4 Å². The summed E-state index contributed by atoms with van der Waals surface area (Å²) in [7, 11) is 1.76. The van der Waals surface area contributed by atoms with Crippen LogP contribution in [-0.2, 0) is 0 Å². The fraction of sp³-hybridized carbons (Fsp3) is 0.750. The van der Waals surface area contributed by atoms with Gasteiger partial charge in [0, 0.05) is 13.1 Å². The Balaban J connectivity index is 2.69. The summed E-state index contributed by atoms with van der Waals surface area (Å²) in [4.78, 5) is 12.3. The predicted octanol–water partition coefficient (Wildman–Crippen LogP) is 3.34. The third-order valence-electron chi connectivity index (χ3n) is 2.71. The molecule has 0 bridgehead atoms. The van der Waals surface area contributed by atoms with Gasteiger partial charge < -0.3 is 10.6 Å². The Morgan fingerprint density at radius 2 is 1.78 bits per heavy atom. The highest BCUT2D eigenvalue weighted by Crippen LogP contribution is 2.14. The second kappa shape index (κ2) is 8.08. The van der Waals surface area contributed by atoms with E-state index in [4.69, 9.17) is 11.6 Å². The van der Waals surface area contributed by atoms with Crippen LogP contribution in [0, 0.1) is 0 Å². The molecule has 0 aromatic carbocycles. The monoisotopic (exact) mass is 271 g/mol. The molecule has 0 fully saturated rings. The van der Waals surface area contributed by atoms with E-state index in [9.17, 15) is 0 Å². The number of halogens is 1. The average molecular weight is 272 g/mol. The number of hydrogen-bond acceptors (Lipinski definition) is 5. The number of rotatable bonds is 8. The second-order valence-electron chi connectivity index (χ2n) is 4.27. The molecule has 1 aromatic heterocycles. The number of nitrogens with zero attached hydrogens (tertiary/aromatic N) is 3. The maximum Gasteiger partial charge on any atom is 0.229 e. The molecule has 0 saturated heterocycles. The van der Waals surface area contributed by atoms with Gasteiger partial charge in [0.2, 0.25) is 17.2 Å².